The summed E-state index contributed by atoms with van der Waals surface area (Å²) < 4.78 is 41.6. The number of pyridine rings is 1. The first-order valence-electron chi connectivity index (χ1n) is 6.75. The highest BCUT2D eigenvalue weighted by Crippen LogP contribution is 2.31. The van der Waals surface area contributed by atoms with E-state index in [2.05, 4.69) is 27.6 Å². The van der Waals surface area contributed by atoms with Gasteiger partial charge in [-0.2, -0.15) is 0 Å². The van der Waals surface area contributed by atoms with E-state index in [0.29, 0.717) is 12.0 Å². The van der Waals surface area contributed by atoms with Gasteiger partial charge in [-0.05, 0) is 59.7 Å². The Bertz CT molecular complexity index is 701. The van der Waals surface area contributed by atoms with Gasteiger partial charge in [-0.25, -0.2) is 23.2 Å². The number of benzene rings is 1. The Morgan fingerprint density at radius 3 is 2.65 bits per heavy atom. The minimum absolute atomic E-state index is 0.0576. The van der Waals surface area contributed by atoms with Crippen molar-refractivity contribution < 1.29 is 23.1 Å². The van der Waals surface area contributed by atoms with Crippen LogP contribution in [-0.2, 0) is 4.84 Å². The summed E-state index contributed by atoms with van der Waals surface area (Å²) in [6.45, 7) is 1.68. The topological polar surface area (TPSA) is 45.6 Å². The first-order valence-corrected chi connectivity index (χ1v) is 7.83. The minimum Gasteiger partial charge on any atom is -0.396 e. The standard InChI is InChI=1S/C15H14F3IN2O2/c1-9-7-10(19)8-20-15(9)21(23-6-2-5-22)12-4-3-11(16)13(17)14(12)18/h3-4,7-8,22H,2,5-6H2,1H3. The second-order valence-corrected chi connectivity index (χ2v) is 5.94. The number of aryl methyl sites for hydroxylation is 1. The van der Waals surface area contributed by atoms with E-state index in [9.17, 15) is 13.2 Å². The number of aliphatic hydroxyl groups is 1. The highest BCUT2D eigenvalue weighted by Gasteiger charge is 2.22. The van der Waals surface area contributed by atoms with E-state index < -0.39 is 17.5 Å². The van der Waals surface area contributed by atoms with Gasteiger partial charge in [0, 0.05) is 16.4 Å². The molecule has 2 rings (SSSR count). The van der Waals surface area contributed by atoms with Gasteiger partial charge in [0.25, 0.3) is 0 Å². The summed E-state index contributed by atoms with van der Waals surface area (Å²) in [5, 5.41) is 9.86. The van der Waals surface area contributed by atoms with Crippen LogP contribution in [0.2, 0.25) is 0 Å². The molecule has 0 saturated heterocycles. The fourth-order valence-corrected chi connectivity index (χ4v) is 2.49. The van der Waals surface area contributed by atoms with Crippen LogP contribution in [0.25, 0.3) is 0 Å². The second kappa shape index (κ2) is 7.93. The molecule has 0 aliphatic carbocycles. The lowest BCUT2D eigenvalue weighted by atomic mass is 10.2. The molecule has 0 aliphatic rings. The monoisotopic (exact) mass is 438 g/mol. The lowest BCUT2D eigenvalue weighted by molar-refractivity contribution is 0.114. The van der Waals surface area contributed by atoms with E-state index >= 15 is 0 Å². The molecule has 4 nitrogen and oxygen atoms in total. The molecule has 2 aromatic rings. The van der Waals surface area contributed by atoms with Gasteiger partial charge in [-0.1, -0.05) is 0 Å². The van der Waals surface area contributed by atoms with Gasteiger partial charge >= 0.3 is 0 Å². The van der Waals surface area contributed by atoms with Gasteiger partial charge in [0.2, 0.25) is 0 Å². The maximum Gasteiger partial charge on any atom is 0.196 e. The third kappa shape index (κ3) is 4.12. The smallest absolute Gasteiger partial charge is 0.196 e. The number of aromatic nitrogens is 1. The van der Waals surface area contributed by atoms with Crippen LogP contribution in [0, 0.1) is 27.9 Å². The molecule has 124 valence electrons. The van der Waals surface area contributed by atoms with Crippen LogP contribution in [-0.4, -0.2) is 23.3 Å². The molecule has 0 fully saturated rings. The minimum atomic E-state index is -1.58. The van der Waals surface area contributed by atoms with E-state index in [0.717, 1.165) is 20.8 Å². The van der Waals surface area contributed by atoms with E-state index in [1.165, 1.54) is 0 Å². The summed E-state index contributed by atoms with van der Waals surface area (Å²) in [7, 11) is 0. The van der Waals surface area contributed by atoms with Crippen molar-refractivity contribution in [1.82, 2.24) is 4.98 Å². The zero-order chi connectivity index (χ0) is 17.0. The molecule has 0 atom stereocenters. The Labute approximate surface area is 145 Å². The van der Waals surface area contributed by atoms with Gasteiger partial charge in [0.15, 0.2) is 23.3 Å². The molecule has 0 saturated carbocycles. The van der Waals surface area contributed by atoms with Gasteiger partial charge in [-0.3, -0.25) is 4.84 Å². The van der Waals surface area contributed by atoms with Crippen molar-refractivity contribution in [2.24, 2.45) is 0 Å². The fraction of sp³-hybridized carbons (Fsp3) is 0.267. The molecule has 0 amide bonds. The highest BCUT2D eigenvalue weighted by atomic mass is 127. The Kier molecular flexibility index (Phi) is 6.19. The number of hydrogen-bond acceptors (Lipinski definition) is 4. The normalized spacial score (nSPS) is 10.9. The van der Waals surface area contributed by atoms with E-state index in [-0.39, 0.29) is 24.7 Å². The second-order valence-electron chi connectivity index (χ2n) is 4.69. The van der Waals surface area contributed by atoms with E-state index in [1.807, 2.05) is 0 Å². The SMILES string of the molecule is Cc1cc(I)cnc1N(OCCCO)c1ccc(F)c(F)c1F. The molecule has 0 aliphatic heterocycles. The van der Waals surface area contributed by atoms with Crippen LogP contribution in [0.4, 0.5) is 24.7 Å². The zero-order valence-electron chi connectivity index (χ0n) is 12.2. The van der Waals surface area contributed by atoms with Crippen molar-refractivity contribution in [1.29, 1.82) is 0 Å². The highest BCUT2D eigenvalue weighted by molar-refractivity contribution is 14.1. The third-order valence-electron chi connectivity index (χ3n) is 2.97. The Hall–Kier alpha value is -1.39. The molecule has 1 aromatic carbocycles. The number of aliphatic hydroxyl groups excluding tert-OH is 1. The molecular formula is C15H14F3IN2O2. The average Bonchev–Trinajstić information content (AvgIpc) is 2.51. The summed E-state index contributed by atoms with van der Waals surface area (Å²) in [6.07, 6.45) is 1.84. The summed E-state index contributed by atoms with van der Waals surface area (Å²) >= 11 is 2.07. The van der Waals surface area contributed by atoms with E-state index in [4.69, 9.17) is 9.94 Å². The predicted molar refractivity (Wildman–Crippen MR) is 87.8 cm³/mol. The molecule has 0 bridgehead atoms. The molecule has 0 radical (unpaired) electrons. The van der Waals surface area contributed by atoms with Crippen molar-refractivity contribution in [3.8, 4) is 0 Å². The van der Waals surface area contributed by atoms with Gasteiger partial charge in [-0.15, -0.1) is 0 Å². The van der Waals surface area contributed by atoms with Crippen LogP contribution in [0.15, 0.2) is 24.4 Å². The van der Waals surface area contributed by atoms with Crippen molar-refractivity contribution in [3.63, 3.8) is 0 Å². The van der Waals surface area contributed by atoms with Crippen LogP contribution in [0.3, 0.4) is 0 Å². The van der Waals surface area contributed by atoms with Crippen LogP contribution in [0.1, 0.15) is 12.0 Å². The summed E-state index contributed by atoms with van der Waals surface area (Å²) in [5.41, 5.74) is 0.378. The summed E-state index contributed by atoms with van der Waals surface area (Å²) in [6, 6.07) is 3.69. The molecule has 23 heavy (non-hydrogen) atoms. The van der Waals surface area contributed by atoms with Crippen LogP contribution >= 0.6 is 22.6 Å². The number of anilines is 2. The van der Waals surface area contributed by atoms with E-state index in [1.54, 1.807) is 19.2 Å². The molecule has 8 heteroatoms. The largest absolute Gasteiger partial charge is 0.396 e. The Balaban J connectivity index is 2.48. The predicted octanol–water partition coefficient (Wildman–Crippen LogP) is 3.86. The first kappa shape index (κ1) is 18.0. The quantitative estimate of drug-likeness (QED) is 0.322. The van der Waals surface area contributed by atoms with Crippen molar-refractivity contribution in [3.05, 3.63) is 51.0 Å². The fourth-order valence-electron chi connectivity index (χ4n) is 1.88. The van der Waals surface area contributed by atoms with Crippen molar-refractivity contribution in [2.45, 2.75) is 13.3 Å². The summed E-state index contributed by atoms with van der Waals surface area (Å²) in [4.78, 5) is 9.60. The molecular weight excluding hydrogens is 424 g/mol. The number of nitrogens with zero attached hydrogens (tertiary/aromatic N) is 2. The number of hydrogen-bond donors (Lipinski definition) is 1. The average molecular weight is 438 g/mol. The lowest BCUT2D eigenvalue weighted by Gasteiger charge is -2.25. The zero-order valence-corrected chi connectivity index (χ0v) is 14.3. The molecule has 0 unspecified atom stereocenters. The van der Waals surface area contributed by atoms with Gasteiger partial charge in [0.1, 0.15) is 5.69 Å². The molecule has 1 N–H and O–H groups in total. The first-order chi connectivity index (χ1) is 11.0. The maximum atomic E-state index is 14.1. The molecule has 1 aromatic heterocycles. The summed E-state index contributed by atoms with van der Waals surface area (Å²) in [5.74, 6) is -3.97. The Morgan fingerprint density at radius 1 is 1.26 bits per heavy atom. The maximum absolute atomic E-state index is 14.1. The Morgan fingerprint density at radius 2 is 2.00 bits per heavy atom. The molecule has 1 heterocycles. The molecule has 0 spiro atoms. The van der Waals surface area contributed by atoms with Crippen molar-refractivity contribution >= 4 is 34.1 Å². The van der Waals surface area contributed by atoms with Gasteiger partial charge < -0.3 is 5.11 Å². The van der Waals surface area contributed by atoms with Gasteiger partial charge in [0.05, 0.1) is 6.61 Å². The lowest BCUT2D eigenvalue weighted by Crippen LogP contribution is -2.23. The number of halogens is 4. The van der Waals surface area contributed by atoms with Crippen molar-refractivity contribution in [2.75, 3.05) is 18.3 Å². The number of rotatable bonds is 6. The van der Waals surface area contributed by atoms with Crippen LogP contribution < -0.4 is 5.06 Å². The van der Waals surface area contributed by atoms with Crippen LogP contribution in [0.5, 0.6) is 0 Å². The third-order valence-corrected chi connectivity index (χ3v) is 3.56.